The molecule has 2 rings (SSSR count). The van der Waals surface area contributed by atoms with Gasteiger partial charge >= 0.3 is 0 Å². The zero-order valence-electron chi connectivity index (χ0n) is 11.4. The van der Waals surface area contributed by atoms with Crippen molar-refractivity contribution < 1.29 is 0 Å². The van der Waals surface area contributed by atoms with Crippen molar-refractivity contribution in [1.82, 2.24) is 20.1 Å². The minimum Gasteiger partial charge on any atom is -0.305 e. The Morgan fingerprint density at radius 2 is 2.11 bits per heavy atom. The second-order valence-corrected chi connectivity index (χ2v) is 6.11. The zero-order chi connectivity index (χ0) is 13.1. The summed E-state index contributed by atoms with van der Waals surface area (Å²) in [6.07, 6.45) is 1.62. The molecule has 0 unspecified atom stereocenters. The average molecular weight is 264 g/mol. The predicted molar refractivity (Wildman–Crippen MR) is 74.7 cm³/mol. The topological polar surface area (TPSA) is 42.7 Å². The Bertz CT molecular complexity index is 493. The van der Waals surface area contributed by atoms with Crippen LogP contribution in [0.2, 0.25) is 0 Å². The molecule has 0 amide bonds. The lowest BCUT2D eigenvalue weighted by molar-refractivity contribution is 0.490. The summed E-state index contributed by atoms with van der Waals surface area (Å²) in [5, 5.41) is 7.65. The minimum absolute atomic E-state index is 0.357. The van der Waals surface area contributed by atoms with Gasteiger partial charge in [-0.05, 0) is 39.3 Å². The minimum atomic E-state index is 0.357. The molecule has 0 saturated heterocycles. The van der Waals surface area contributed by atoms with Crippen LogP contribution in [0, 0.1) is 13.8 Å². The molecular formula is C13H20N4S. The molecule has 4 nitrogen and oxygen atoms in total. The summed E-state index contributed by atoms with van der Waals surface area (Å²) in [5.41, 5.74) is 1.38. The van der Waals surface area contributed by atoms with Crippen molar-refractivity contribution in [1.29, 1.82) is 0 Å². The summed E-state index contributed by atoms with van der Waals surface area (Å²) >= 11 is 1.86. The Labute approximate surface area is 112 Å². The first-order valence-electron chi connectivity index (χ1n) is 6.23. The van der Waals surface area contributed by atoms with Gasteiger partial charge in [0.2, 0.25) is 0 Å². The summed E-state index contributed by atoms with van der Waals surface area (Å²) < 4.78 is 1.96. The van der Waals surface area contributed by atoms with Gasteiger partial charge in [-0.3, -0.25) is 0 Å². The van der Waals surface area contributed by atoms with Gasteiger partial charge < -0.3 is 5.32 Å². The lowest BCUT2D eigenvalue weighted by atomic mass is 10.3. The maximum absolute atomic E-state index is 4.28. The van der Waals surface area contributed by atoms with Gasteiger partial charge in [0.25, 0.3) is 0 Å². The van der Waals surface area contributed by atoms with Gasteiger partial charge in [0.05, 0.1) is 6.54 Å². The maximum Gasteiger partial charge on any atom is 0.141 e. The molecular weight excluding hydrogens is 244 g/mol. The van der Waals surface area contributed by atoms with Gasteiger partial charge in [-0.2, -0.15) is 5.10 Å². The molecule has 0 bridgehead atoms. The van der Waals surface area contributed by atoms with Gasteiger partial charge in [0.15, 0.2) is 0 Å². The van der Waals surface area contributed by atoms with Crippen molar-refractivity contribution in [3.63, 3.8) is 0 Å². The van der Waals surface area contributed by atoms with Crippen LogP contribution in [-0.2, 0) is 13.1 Å². The highest BCUT2D eigenvalue weighted by Gasteiger charge is 2.07. The molecule has 0 atom stereocenters. The highest BCUT2D eigenvalue weighted by molar-refractivity contribution is 7.12. The van der Waals surface area contributed by atoms with E-state index in [9.17, 15) is 0 Å². The van der Waals surface area contributed by atoms with Crippen LogP contribution in [0.3, 0.4) is 0 Å². The molecule has 98 valence electrons. The highest BCUT2D eigenvalue weighted by atomic mass is 32.1. The first-order chi connectivity index (χ1) is 8.58. The van der Waals surface area contributed by atoms with E-state index in [1.165, 1.54) is 15.3 Å². The lowest BCUT2D eigenvalue weighted by Gasteiger charge is -2.09. The number of nitrogens with one attached hydrogen (secondary N) is 1. The van der Waals surface area contributed by atoms with E-state index in [1.807, 2.05) is 16.0 Å². The summed E-state index contributed by atoms with van der Waals surface area (Å²) in [4.78, 5) is 7.06. The molecule has 0 aliphatic rings. The van der Waals surface area contributed by atoms with E-state index in [4.69, 9.17) is 0 Å². The fourth-order valence-electron chi connectivity index (χ4n) is 1.87. The first kappa shape index (κ1) is 13.2. The molecule has 2 aromatic rings. The number of aromatic nitrogens is 3. The van der Waals surface area contributed by atoms with Crippen molar-refractivity contribution in [3.05, 3.63) is 33.5 Å². The number of aryl methyl sites for hydroxylation is 2. The van der Waals surface area contributed by atoms with E-state index in [-0.39, 0.29) is 0 Å². The molecule has 18 heavy (non-hydrogen) atoms. The first-order valence-corrected chi connectivity index (χ1v) is 7.04. The number of rotatable bonds is 5. The predicted octanol–water partition coefficient (Wildman–Crippen LogP) is 2.83. The molecule has 1 N–H and O–H groups in total. The molecule has 5 heteroatoms. The van der Waals surface area contributed by atoms with E-state index in [2.05, 4.69) is 49.2 Å². The standard InChI is InChI=1S/C13H20N4S/c1-9(2)17-13(15-8-16-17)7-14-6-12-5-10(3)11(4)18-12/h5,8-9,14H,6-7H2,1-4H3. The van der Waals surface area contributed by atoms with Gasteiger partial charge in [0, 0.05) is 22.3 Å². The van der Waals surface area contributed by atoms with Crippen LogP contribution in [0.4, 0.5) is 0 Å². The fraction of sp³-hybridized carbons (Fsp3) is 0.538. The quantitative estimate of drug-likeness (QED) is 0.903. The third kappa shape index (κ3) is 2.97. The van der Waals surface area contributed by atoms with E-state index in [1.54, 1.807) is 6.33 Å². The molecule has 0 aromatic carbocycles. The summed E-state index contributed by atoms with van der Waals surface area (Å²) in [5.74, 6) is 0.995. The van der Waals surface area contributed by atoms with Crippen LogP contribution in [0.1, 0.15) is 41.0 Å². The van der Waals surface area contributed by atoms with E-state index < -0.39 is 0 Å². The average Bonchev–Trinajstić information content (AvgIpc) is 2.87. The van der Waals surface area contributed by atoms with Crippen LogP contribution in [0.5, 0.6) is 0 Å². The molecule has 0 aliphatic heterocycles. The Hall–Kier alpha value is -1.20. The summed E-state index contributed by atoms with van der Waals surface area (Å²) in [6.45, 7) is 10.2. The largest absolute Gasteiger partial charge is 0.305 e. The van der Waals surface area contributed by atoms with Crippen molar-refractivity contribution in [2.24, 2.45) is 0 Å². The van der Waals surface area contributed by atoms with Crippen LogP contribution in [0.15, 0.2) is 12.4 Å². The second-order valence-electron chi connectivity index (χ2n) is 4.77. The molecule has 2 heterocycles. The van der Waals surface area contributed by atoms with E-state index >= 15 is 0 Å². The molecule has 0 saturated carbocycles. The third-order valence-corrected chi connectivity index (χ3v) is 4.09. The van der Waals surface area contributed by atoms with Crippen molar-refractivity contribution in [2.75, 3.05) is 0 Å². The monoisotopic (exact) mass is 264 g/mol. The number of thiophene rings is 1. The lowest BCUT2D eigenvalue weighted by Crippen LogP contribution is -2.17. The van der Waals surface area contributed by atoms with Gasteiger partial charge in [-0.25, -0.2) is 9.67 Å². The smallest absolute Gasteiger partial charge is 0.141 e. The van der Waals surface area contributed by atoms with Crippen LogP contribution in [0.25, 0.3) is 0 Å². The molecule has 0 fully saturated rings. The Balaban J connectivity index is 1.90. The van der Waals surface area contributed by atoms with Gasteiger partial charge in [-0.1, -0.05) is 0 Å². The fourth-order valence-corrected chi connectivity index (χ4v) is 2.89. The van der Waals surface area contributed by atoms with Gasteiger partial charge in [-0.15, -0.1) is 11.3 Å². The van der Waals surface area contributed by atoms with E-state index in [0.717, 1.165) is 18.9 Å². The molecule has 2 aromatic heterocycles. The van der Waals surface area contributed by atoms with Gasteiger partial charge in [0.1, 0.15) is 12.2 Å². The number of hydrogen-bond acceptors (Lipinski definition) is 4. The Morgan fingerprint density at radius 3 is 2.72 bits per heavy atom. The van der Waals surface area contributed by atoms with Crippen LogP contribution in [-0.4, -0.2) is 14.8 Å². The Kier molecular flexibility index (Phi) is 4.14. The van der Waals surface area contributed by atoms with Crippen LogP contribution >= 0.6 is 11.3 Å². The molecule has 0 spiro atoms. The SMILES string of the molecule is Cc1cc(CNCc2ncnn2C(C)C)sc1C. The number of nitrogens with zero attached hydrogens (tertiary/aromatic N) is 3. The third-order valence-electron chi connectivity index (χ3n) is 2.94. The summed E-state index contributed by atoms with van der Waals surface area (Å²) in [7, 11) is 0. The molecule has 0 aliphatic carbocycles. The van der Waals surface area contributed by atoms with Crippen LogP contribution < -0.4 is 5.32 Å². The summed E-state index contributed by atoms with van der Waals surface area (Å²) in [6, 6.07) is 2.61. The molecule has 0 radical (unpaired) electrons. The van der Waals surface area contributed by atoms with E-state index in [0.29, 0.717) is 6.04 Å². The normalized spacial score (nSPS) is 11.4. The van der Waals surface area contributed by atoms with Crippen molar-refractivity contribution in [2.45, 2.75) is 46.8 Å². The van der Waals surface area contributed by atoms with Crippen molar-refractivity contribution in [3.8, 4) is 0 Å². The second kappa shape index (κ2) is 5.63. The highest BCUT2D eigenvalue weighted by Crippen LogP contribution is 2.20. The zero-order valence-corrected chi connectivity index (χ0v) is 12.2. The Morgan fingerprint density at radius 1 is 1.33 bits per heavy atom. The van der Waals surface area contributed by atoms with Crippen molar-refractivity contribution >= 4 is 11.3 Å². The maximum atomic E-state index is 4.28. The number of hydrogen-bond donors (Lipinski definition) is 1.